The van der Waals surface area contributed by atoms with Gasteiger partial charge in [-0.05, 0) is 43.7 Å². The zero-order chi connectivity index (χ0) is 18.5. The van der Waals surface area contributed by atoms with Crippen molar-refractivity contribution in [3.05, 3.63) is 48.0 Å². The molecule has 1 aliphatic heterocycles. The van der Waals surface area contributed by atoms with Crippen LogP contribution < -0.4 is 24.3 Å². The molecule has 3 rings (SSSR count). The van der Waals surface area contributed by atoms with Crippen LogP contribution in [0.5, 0.6) is 23.0 Å². The summed E-state index contributed by atoms with van der Waals surface area (Å²) in [5.74, 6) is 2.34. The maximum Gasteiger partial charge on any atom is 0.261 e. The maximum absolute atomic E-state index is 12.5. The number of hydrogen-bond donors (Lipinski definition) is 1. The number of benzene rings is 2. The molecule has 0 radical (unpaired) electrons. The Morgan fingerprint density at radius 3 is 2.46 bits per heavy atom. The van der Waals surface area contributed by atoms with E-state index >= 15 is 0 Å². The molecule has 0 saturated carbocycles. The van der Waals surface area contributed by atoms with Crippen molar-refractivity contribution in [2.45, 2.75) is 26.0 Å². The molecular formula is C20H23NO5. The summed E-state index contributed by atoms with van der Waals surface area (Å²) in [6, 6.07) is 12.7. The van der Waals surface area contributed by atoms with Crippen LogP contribution in [0.1, 0.15) is 25.5 Å². The van der Waals surface area contributed by atoms with Gasteiger partial charge in [-0.1, -0.05) is 18.2 Å². The summed E-state index contributed by atoms with van der Waals surface area (Å²) in [5, 5.41) is 2.96. The van der Waals surface area contributed by atoms with Gasteiger partial charge in [-0.25, -0.2) is 0 Å². The number of hydrogen-bond acceptors (Lipinski definition) is 5. The van der Waals surface area contributed by atoms with Gasteiger partial charge < -0.3 is 24.3 Å². The Balaban J connectivity index is 1.63. The minimum Gasteiger partial charge on any atom is -0.493 e. The van der Waals surface area contributed by atoms with Crippen molar-refractivity contribution in [1.82, 2.24) is 5.32 Å². The Bertz CT molecular complexity index is 777. The zero-order valence-electron chi connectivity index (χ0n) is 15.2. The van der Waals surface area contributed by atoms with Gasteiger partial charge in [-0.3, -0.25) is 4.79 Å². The number of carbonyl (C=O) groups is 1. The second kappa shape index (κ2) is 7.99. The van der Waals surface area contributed by atoms with Gasteiger partial charge in [0.05, 0.1) is 13.2 Å². The molecule has 0 spiro atoms. The average Bonchev–Trinajstić information content (AvgIpc) is 2.67. The Morgan fingerprint density at radius 1 is 1.04 bits per heavy atom. The highest BCUT2D eigenvalue weighted by molar-refractivity contribution is 5.81. The fourth-order valence-corrected chi connectivity index (χ4v) is 2.70. The Morgan fingerprint density at radius 2 is 1.73 bits per heavy atom. The zero-order valence-corrected chi connectivity index (χ0v) is 15.2. The third-order valence-corrected chi connectivity index (χ3v) is 4.17. The van der Waals surface area contributed by atoms with Crippen LogP contribution in [0.25, 0.3) is 0 Å². The third kappa shape index (κ3) is 4.02. The molecule has 1 heterocycles. The highest BCUT2D eigenvalue weighted by Crippen LogP contribution is 2.32. The number of methoxy groups -OCH3 is 1. The molecule has 2 aromatic carbocycles. The van der Waals surface area contributed by atoms with E-state index in [0.717, 1.165) is 11.3 Å². The van der Waals surface area contributed by atoms with E-state index in [1.165, 1.54) is 0 Å². The van der Waals surface area contributed by atoms with Crippen LogP contribution >= 0.6 is 0 Å². The lowest BCUT2D eigenvalue weighted by Gasteiger charge is -2.22. The lowest BCUT2D eigenvalue weighted by Crippen LogP contribution is -2.37. The first-order valence-corrected chi connectivity index (χ1v) is 8.58. The number of para-hydroxylation sites is 2. The molecule has 1 amide bonds. The van der Waals surface area contributed by atoms with E-state index in [4.69, 9.17) is 18.9 Å². The van der Waals surface area contributed by atoms with Crippen LogP contribution in [0.3, 0.4) is 0 Å². The summed E-state index contributed by atoms with van der Waals surface area (Å²) >= 11 is 0. The molecule has 2 atom stereocenters. The summed E-state index contributed by atoms with van der Waals surface area (Å²) in [5.41, 5.74) is 0.937. The second-order valence-corrected chi connectivity index (χ2v) is 6.04. The van der Waals surface area contributed by atoms with E-state index in [2.05, 4.69) is 5.32 Å². The lowest BCUT2D eigenvalue weighted by atomic mass is 10.1. The molecule has 1 aliphatic rings. The molecule has 0 fully saturated rings. The molecule has 6 nitrogen and oxygen atoms in total. The summed E-state index contributed by atoms with van der Waals surface area (Å²) in [6.45, 7) is 4.70. The minimum atomic E-state index is -0.661. The molecule has 0 aromatic heterocycles. The monoisotopic (exact) mass is 357 g/mol. The van der Waals surface area contributed by atoms with E-state index in [-0.39, 0.29) is 11.9 Å². The van der Waals surface area contributed by atoms with Crippen LogP contribution in [0.4, 0.5) is 0 Å². The summed E-state index contributed by atoms with van der Waals surface area (Å²) in [7, 11) is 1.57. The topological polar surface area (TPSA) is 66.0 Å². The number of fused-ring (bicyclic) bond motifs is 1. The molecule has 26 heavy (non-hydrogen) atoms. The van der Waals surface area contributed by atoms with E-state index in [9.17, 15) is 4.79 Å². The quantitative estimate of drug-likeness (QED) is 0.860. The van der Waals surface area contributed by atoms with E-state index in [1.54, 1.807) is 26.2 Å². The summed E-state index contributed by atoms with van der Waals surface area (Å²) in [4.78, 5) is 12.5. The van der Waals surface area contributed by atoms with Crippen molar-refractivity contribution in [3.63, 3.8) is 0 Å². The molecule has 0 unspecified atom stereocenters. The largest absolute Gasteiger partial charge is 0.493 e. The minimum absolute atomic E-state index is 0.193. The highest BCUT2D eigenvalue weighted by atomic mass is 16.6. The van der Waals surface area contributed by atoms with Gasteiger partial charge in [0.1, 0.15) is 13.2 Å². The molecule has 138 valence electrons. The second-order valence-electron chi connectivity index (χ2n) is 6.04. The van der Waals surface area contributed by atoms with Gasteiger partial charge in [0.2, 0.25) is 0 Å². The van der Waals surface area contributed by atoms with E-state index < -0.39 is 6.10 Å². The first-order valence-electron chi connectivity index (χ1n) is 8.58. The van der Waals surface area contributed by atoms with Crippen LogP contribution in [0.15, 0.2) is 42.5 Å². The van der Waals surface area contributed by atoms with Crippen molar-refractivity contribution < 1.29 is 23.7 Å². The molecule has 1 N–H and O–H groups in total. The van der Waals surface area contributed by atoms with Gasteiger partial charge in [0.25, 0.3) is 5.91 Å². The first kappa shape index (κ1) is 17.9. The molecular weight excluding hydrogens is 334 g/mol. The number of amides is 1. The highest BCUT2D eigenvalue weighted by Gasteiger charge is 2.20. The van der Waals surface area contributed by atoms with Gasteiger partial charge in [0.15, 0.2) is 29.1 Å². The van der Waals surface area contributed by atoms with E-state index in [0.29, 0.717) is 30.5 Å². The fraction of sp³-hybridized carbons (Fsp3) is 0.350. The van der Waals surface area contributed by atoms with Crippen molar-refractivity contribution in [3.8, 4) is 23.0 Å². The van der Waals surface area contributed by atoms with E-state index in [1.807, 2.05) is 37.3 Å². The molecule has 0 bridgehead atoms. The third-order valence-electron chi connectivity index (χ3n) is 4.17. The van der Waals surface area contributed by atoms with Crippen molar-refractivity contribution >= 4 is 5.91 Å². The van der Waals surface area contributed by atoms with Gasteiger partial charge in [-0.15, -0.1) is 0 Å². The predicted molar refractivity (Wildman–Crippen MR) is 97.1 cm³/mol. The summed E-state index contributed by atoms with van der Waals surface area (Å²) < 4.78 is 22.1. The number of rotatable bonds is 6. The van der Waals surface area contributed by atoms with Crippen molar-refractivity contribution in [1.29, 1.82) is 0 Å². The smallest absolute Gasteiger partial charge is 0.261 e. The molecule has 2 aromatic rings. The van der Waals surface area contributed by atoms with Gasteiger partial charge in [-0.2, -0.15) is 0 Å². The maximum atomic E-state index is 12.5. The lowest BCUT2D eigenvalue weighted by molar-refractivity contribution is -0.127. The van der Waals surface area contributed by atoms with Crippen LogP contribution in [0.2, 0.25) is 0 Å². The number of ether oxygens (including phenoxy) is 4. The van der Waals surface area contributed by atoms with Gasteiger partial charge in [0, 0.05) is 0 Å². The molecule has 6 heteroatoms. The Hall–Kier alpha value is -2.89. The van der Waals surface area contributed by atoms with Gasteiger partial charge >= 0.3 is 0 Å². The standard InChI is InChI=1S/C20H23NO5/c1-13(15-8-9-17-19(12-15)25-11-10-24-17)21-20(22)14(2)26-18-7-5-4-6-16(18)23-3/h4-9,12-14H,10-11H2,1-3H3,(H,21,22)/t13-,14+/m0/s1. The normalized spacial score (nSPS) is 14.9. The number of nitrogens with one attached hydrogen (secondary N) is 1. The van der Waals surface area contributed by atoms with Crippen molar-refractivity contribution in [2.75, 3.05) is 20.3 Å². The number of carbonyl (C=O) groups excluding carboxylic acids is 1. The average molecular weight is 357 g/mol. The summed E-state index contributed by atoms with van der Waals surface area (Å²) in [6.07, 6.45) is -0.661. The SMILES string of the molecule is COc1ccccc1O[C@H](C)C(=O)N[C@@H](C)c1ccc2c(c1)OCCO2. The molecule has 0 saturated heterocycles. The fourth-order valence-electron chi connectivity index (χ4n) is 2.70. The molecule has 0 aliphatic carbocycles. The first-order chi connectivity index (χ1) is 12.6. The predicted octanol–water partition coefficient (Wildman–Crippen LogP) is 3.11. The van der Waals surface area contributed by atoms with Crippen LogP contribution in [0, 0.1) is 0 Å². The van der Waals surface area contributed by atoms with Crippen LogP contribution in [-0.4, -0.2) is 32.3 Å². The van der Waals surface area contributed by atoms with Crippen LogP contribution in [-0.2, 0) is 4.79 Å². The Labute approximate surface area is 153 Å². The van der Waals surface area contributed by atoms with Crippen molar-refractivity contribution in [2.24, 2.45) is 0 Å². The Kier molecular flexibility index (Phi) is 5.51.